The molecule has 162 valence electrons. The Kier molecular flexibility index (Phi) is 8.31. The van der Waals surface area contributed by atoms with E-state index in [0.717, 1.165) is 5.75 Å². The number of hydrogen-bond acceptors (Lipinski definition) is 7. The Labute approximate surface area is 172 Å². The molecule has 1 fully saturated rings. The summed E-state index contributed by atoms with van der Waals surface area (Å²) in [7, 11) is -1.51. The van der Waals surface area contributed by atoms with Crippen molar-refractivity contribution in [3.8, 4) is 11.5 Å². The predicted molar refractivity (Wildman–Crippen MR) is 108 cm³/mol. The van der Waals surface area contributed by atoms with Gasteiger partial charge >= 0.3 is 5.97 Å². The van der Waals surface area contributed by atoms with Crippen molar-refractivity contribution < 1.29 is 32.2 Å². The van der Waals surface area contributed by atoms with Crippen molar-refractivity contribution in [2.75, 3.05) is 31.8 Å². The molecule has 0 N–H and O–H groups in total. The molecule has 0 bridgehead atoms. The van der Waals surface area contributed by atoms with Gasteiger partial charge in [-0.05, 0) is 51.0 Å². The Bertz CT molecular complexity index is 792. The van der Waals surface area contributed by atoms with Crippen LogP contribution in [0.1, 0.15) is 33.1 Å². The second-order valence-electron chi connectivity index (χ2n) is 6.94. The van der Waals surface area contributed by atoms with Crippen LogP contribution in [0.5, 0.6) is 11.5 Å². The minimum Gasteiger partial charge on any atom is -0.497 e. The largest absolute Gasteiger partial charge is 0.497 e. The average molecular weight is 428 g/mol. The summed E-state index contributed by atoms with van der Waals surface area (Å²) in [6, 6.07) is 6.77. The zero-order valence-electron chi connectivity index (χ0n) is 17.1. The Hall–Kier alpha value is -2.29. The molecule has 0 saturated carbocycles. The summed E-state index contributed by atoms with van der Waals surface area (Å²) >= 11 is 0. The highest BCUT2D eigenvalue weighted by molar-refractivity contribution is 7.91. The van der Waals surface area contributed by atoms with E-state index in [9.17, 15) is 18.0 Å². The second-order valence-corrected chi connectivity index (χ2v) is 9.17. The highest BCUT2D eigenvalue weighted by atomic mass is 32.2. The highest BCUT2D eigenvalue weighted by Gasteiger charge is 2.36. The van der Waals surface area contributed by atoms with Crippen LogP contribution in [0.2, 0.25) is 0 Å². The number of methoxy groups -OCH3 is 1. The van der Waals surface area contributed by atoms with Gasteiger partial charge in [0.2, 0.25) is 0 Å². The number of hydrogen-bond donors (Lipinski definition) is 0. The zero-order chi connectivity index (χ0) is 21.4. The fourth-order valence-electron chi connectivity index (χ4n) is 3.23. The molecule has 2 rings (SSSR count). The molecule has 29 heavy (non-hydrogen) atoms. The highest BCUT2D eigenvalue weighted by Crippen LogP contribution is 2.19. The minimum atomic E-state index is -3.10. The quantitative estimate of drug-likeness (QED) is 0.415. The van der Waals surface area contributed by atoms with Gasteiger partial charge < -0.3 is 19.1 Å². The first-order valence-electron chi connectivity index (χ1n) is 9.73. The van der Waals surface area contributed by atoms with Gasteiger partial charge in [0.05, 0.1) is 25.2 Å². The van der Waals surface area contributed by atoms with Crippen LogP contribution in [0.25, 0.3) is 0 Å². The molecule has 1 amide bonds. The molecule has 1 aromatic carbocycles. The minimum absolute atomic E-state index is 0.0318. The molecule has 0 spiro atoms. The fraction of sp³-hybridized carbons (Fsp3) is 0.600. The predicted octanol–water partition coefficient (Wildman–Crippen LogP) is 1.82. The summed E-state index contributed by atoms with van der Waals surface area (Å²) in [6.07, 6.45) is 0.0425. The van der Waals surface area contributed by atoms with Crippen LogP contribution < -0.4 is 9.47 Å². The molecular weight excluding hydrogens is 398 g/mol. The topological polar surface area (TPSA) is 99.2 Å². The van der Waals surface area contributed by atoms with Gasteiger partial charge in [-0.2, -0.15) is 0 Å². The van der Waals surface area contributed by atoms with Crippen LogP contribution in [0.3, 0.4) is 0 Å². The Morgan fingerprint density at radius 2 is 1.86 bits per heavy atom. The normalized spacial score (nSPS) is 18.7. The fourth-order valence-corrected chi connectivity index (χ4v) is 4.96. The third kappa shape index (κ3) is 6.92. The number of ether oxygens (including phenoxy) is 3. The molecule has 1 aliphatic rings. The van der Waals surface area contributed by atoms with Crippen molar-refractivity contribution in [3.63, 3.8) is 0 Å². The molecule has 1 aromatic rings. The average Bonchev–Trinajstić information content (AvgIpc) is 3.05. The van der Waals surface area contributed by atoms with E-state index in [2.05, 4.69) is 0 Å². The van der Waals surface area contributed by atoms with Crippen molar-refractivity contribution in [1.82, 2.24) is 4.90 Å². The molecule has 2 unspecified atom stereocenters. The molecule has 0 aliphatic carbocycles. The Balaban J connectivity index is 1.73. The summed E-state index contributed by atoms with van der Waals surface area (Å²) in [5, 5.41) is 0. The lowest BCUT2D eigenvalue weighted by Crippen LogP contribution is -2.46. The summed E-state index contributed by atoms with van der Waals surface area (Å²) in [5.41, 5.74) is 0. The van der Waals surface area contributed by atoms with E-state index in [1.165, 1.54) is 11.8 Å². The van der Waals surface area contributed by atoms with E-state index in [1.807, 2.05) is 0 Å². The number of sulfone groups is 1. The van der Waals surface area contributed by atoms with E-state index >= 15 is 0 Å². The lowest BCUT2D eigenvalue weighted by atomic mass is 10.2. The number of carbonyl (C=O) groups excluding carboxylic acids is 2. The first kappa shape index (κ1) is 23.0. The van der Waals surface area contributed by atoms with Crippen LogP contribution in [0.4, 0.5) is 0 Å². The number of rotatable bonds is 10. The van der Waals surface area contributed by atoms with E-state index < -0.39 is 21.9 Å². The van der Waals surface area contributed by atoms with Gasteiger partial charge in [-0.15, -0.1) is 0 Å². The number of benzene rings is 1. The van der Waals surface area contributed by atoms with E-state index in [0.29, 0.717) is 31.7 Å². The Morgan fingerprint density at radius 3 is 2.41 bits per heavy atom. The van der Waals surface area contributed by atoms with Crippen molar-refractivity contribution >= 4 is 21.7 Å². The third-order valence-corrected chi connectivity index (χ3v) is 6.53. The van der Waals surface area contributed by atoms with Gasteiger partial charge in [-0.3, -0.25) is 9.59 Å². The van der Waals surface area contributed by atoms with E-state index in [1.54, 1.807) is 38.3 Å². The Morgan fingerprint density at radius 1 is 1.21 bits per heavy atom. The van der Waals surface area contributed by atoms with Crippen molar-refractivity contribution in [2.24, 2.45) is 0 Å². The van der Waals surface area contributed by atoms with Gasteiger partial charge in [0, 0.05) is 19.0 Å². The number of amides is 1. The first-order valence-corrected chi connectivity index (χ1v) is 11.5. The number of esters is 1. The zero-order valence-corrected chi connectivity index (χ0v) is 17.9. The summed E-state index contributed by atoms with van der Waals surface area (Å²) in [6.45, 7) is 4.01. The number of nitrogens with zero attached hydrogens (tertiary/aromatic N) is 1. The van der Waals surface area contributed by atoms with Gasteiger partial charge in [0.1, 0.15) is 11.5 Å². The van der Waals surface area contributed by atoms with Gasteiger partial charge in [0.15, 0.2) is 15.9 Å². The van der Waals surface area contributed by atoms with Crippen LogP contribution in [-0.2, 0) is 24.2 Å². The first-order chi connectivity index (χ1) is 13.8. The van der Waals surface area contributed by atoms with E-state index in [-0.39, 0.29) is 29.9 Å². The maximum Gasteiger partial charge on any atom is 0.306 e. The molecule has 0 aromatic heterocycles. The van der Waals surface area contributed by atoms with Gasteiger partial charge in [-0.1, -0.05) is 0 Å². The van der Waals surface area contributed by atoms with Crippen LogP contribution in [-0.4, -0.2) is 69.1 Å². The number of carbonyl (C=O) groups is 2. The maximum absolute atomic E-state index is 12.6. The van der Waals surface area contributed by atoms with Gasteiger partial charge in [-0.25, -0.2) is 8.42 Å². The van der Waals surface area contributed by atoms with Crippen molar-refractivity contribution in [3.05, 3.63) is 24.3 Å². The smallest absolute Gasteiger partial charge is 0.306 e. The summed E-state index contributed by atoms with van der Waals surface area (Å²) in [4.78, 5) is 26.1. The van der Waals surface area contributed by atoms with Crippen LogP contribution in [0, 0.1) is 0 Å². The second kappa shape index (κ2) is 10.5. The summed E-state index contributed by atoms with van der Waals surface area (Å²) < 4.78 is 39.2. The van der Waals surface area contributed by atoms with E-state index in [4.69, 9.17) is 14.2 Å². The molecule has 0 radical (unpaired) electrons. The lowest BCUT2D eigenvalue weighted by Gasteiger charge is -2.29. The molecule has 9 heteroatoms. The van der Waals surface area contributed by atoms with Crippen LogP contribution >= 0.6 is 0 Å². The van der Waals surface area contributed by atoms with Crippen LogP contribution in [0.15, 0.2) is 24.3 Å². The molecular formula is C20H29NO7S. The molecule has 1 saturated heterocycles. The maximum atomic E-state index is 12.6. The lowest BCUT2D eigenvalue weighted by molar-refractivity contribution is -0.160. The molecule has 1 aliphatic heterocycles. The molecule has 1 heterocycles. The monoisotopic (exact) mass is 427 g/mol. The molecule has 8 nitrogen and oxygen atoms in total. The standard InChI is InChI=1S/C20H29NO7S/c1-4-21(16-11-13-29(24,25)14-16)20(23)15(2)28-19(22)6-5-12-27-18-9-7-17(26-3)8-10-18/h7-10,15-16H,4-6,11-14H2,1-3H3. The van der Waals surface area contributed by atoms with Gasteiger partial charge in [0.25, 0.3) is 5.91 Å². The molecule has 2 atom stereocenters. The number of likely N-dealkylation sites (N-methyl/N-ethyl adjacent to an activating group) is 1. The van der Waals surface area contributed by atoms with Crippen molar-refractivity contribution in [1.29, 1.82) is 0 Å². The summed E-state index contributed by atoms with van der Waals surface area (Å²) in [5.74, 6) is 0.611. The SMILES string of the molecule is CCN(C(=O)C(C)OC(=O)CCCOc1ccc(OC)cc1)C1CCS(=O)(=O)C1. The van der Waals surface area contributed by atoms with Crippen molar-refractivity contribution in [2.45, 2.75) is 45.3 Å². The third-order valence-electron chi connectivity index (χ3n) is 4.78.